The van der Waals surface area contributed by atoms with Crippen LogP contribution in [0.2, 0.25) is 0 Å². The Morgan fingerprint density at radius 2 is 1.88 bits per heavy atom. The minimum absolute atomic E-state index is 0.0432. The van der Waals surface area contributed by atoms with E-state index in [2.05, 4.69) is 37.1 Å². The number of aromatic nitrogens is 1. The molecule has 1 N–H and O–H groups in total. The molecule has 0 bridgehead atoms. The zero-order valence-electron chi connectivity index (χ0n) is 15.0. The lowest BCUT2D eigenvalue weighted by Crippen LogP contribution is -2.16. The first-order valence-electron chi connectivity index (χ1n) is 8.57. The molecule has 2 heterocycles. The van der Waals surface area contributed by atoms with Crippen LogP contribution in [0.5, 0.6) is 11.5 Å². The minimum Gasteiger partial charge on any atom is -0.486 e. The Labute approximate surface area is 148 Å². The van der Waals surface area contributed by atoms with Gasteiger partial charge in [0.2, 0.25) is 5.91 Å². The van der Waals surface area contributed by atoms with E-state index in [1.165, 1.54) is 5.56 Å². The van der Waals surface area contributed by atoms with Crippen LogP contribution in [0.1, 0.15) is 38.4 Å². The van der Waals surface area contributed by atoms with Gasteiger partial charge in [0, 0.05) is 30.1 Å². The maximum absolute atomic E-state index is 12.2. The van der Waals surface area contributed by atoms with Crippen molar-refractivity contribution in [3.8, 4) is 11.5 Å². The van der Waals surface area contributed by atoms with Crippen LogP contribution in [-0.4, -0.2) is 24.1 Å². The lowest BCUT2D eigenvalue weighted by molar-refractivity contribution is -0.116. The average Bonchev–Trinajstić information content (AvgIpc) is 2.59. The standard InChI is InChI=1S/C20H24N2O3/c1-20(2,3)14-4-5-15(21-13-14)7-9-19(23)22-16-6-8-17-18(12-16)25-11-10-24-17/h4-6,8,12-13H,7,9-11H2,1-3H3,(H,22,23). The predicted octanol–water partition coefficient (Wildman–Crippen LogP) is 3.72. The van der Waals surface area contributed by atoms with E-state index in [0.29, 0.717) is 43.2 Å². The van der Waals surface area contributed by atoms with Gasteiger partial charge in [-0.3, -0.25) is 9.78 Å². The van der Waals surface area contributed by atoms with Gasteiger partial charge >= 0.3 is 0 Å². The largest absolute Gasteiger partial charge is 0.486 e. The van der Waals surface area contributed by atoms with Crippen LogP contribution in [0.15, 0.2) is 36.5 Å². The van der Waals surface area contributed by atoms with E-state index in [9.17, 15) is 4.79 Å². The van der Waals surface area contributed by atoms with Crippen LogP contribution in [-0.2, 0) is 16.6 Å². The molecule has 0 fully saturated rings. The summed E-state index contributed by atoms with van der Waals surface area (Å²) in [7, 11) is 0. The lowest BCUT2D eigenvalue weighted by atomic mass is 9.88. The van der Waals surface area contributed by atoms with E-state index in [0.717, 1.165) is 5.69 Å². The van der Waals surface area contributed by atoms with Crippen molar-refractivity contribution in [3.63, 3.8) is 0 Å². The van der Waals surface area contributed by atoms with Crippen LogP contribution < -0.4 is 14.8 Å². The highest BCUT2D eigenvalue weighted by Gasteiger charge is 2.15. The SMILES string of the molecule is CC(C)(C)c1ccc(CCC(=O)Nc2ccc3c(c2)OCCO3)nc1. The third-order valence-corrected chi connectivity index (χ3v) is 4.12. The molecule has 0 saturated carbocycles. The van der Waals surface area contributed by atoms with Gasteiger partial charge in [0.25, 0.3) is 0 Å². The van der Waals surface area contributed by atoms with Gasteiger partial charge in [-0.15, -0.1) is 0 Å². The Balaban J connectivity index is 1.54. The molecule has 5 nitrogen and oxygen atoms in total. The fourth-order valence-corrected chi connectivity index (χ4v) is 2.60. The molecule has 132 valence electrons. The number of benzene rings is 1. The van der Waals surface area contributed by atoms with Gasteiger partial charge in [-0.05, 0) is 35.6 Å². The van der Waals surface area contributed by atoms with Gasteiger partial charge in [0.1, 0.15) is 13.2 Å². The molecule has 5 heteroatoms. The first-order valence-corrected chi connectivity index (χ1v) is 8.57. The molecular formula is C20H24N2O3. The molecule has 1 aliphatic heterocycles. The van der Waals surface area contributed by atoms with Crippen molar-refractivity contribution in [1.82, 2.24) is 4.98 Å². The Kier molecular flexibility index (Phi) is 4.93. The summed E-state index contributed by atoms with van der Waals surface area (Å²) in [4.78, 5) is 16.6. The summed E-state index contributed by atoms with van der Waals surface area (Å²) >= 11 is 0. The molecule has 0 saturated heterocycles. The van der Waals surface area contributed by atoms with Crippen molar-refractivity contribution >= 4 is 11.6 Å². The number of anilines is 1. The molecule has 1 amide bonds. The zero-order chi connectivity index (χ0) is 17.9. The summed E-state index contributed by atoms with van der Waals surface area (Å²) < 4.78 is 11.0. The number of pyridine rings is 1. The Bertz CT molecular complexity index is 749. The first-order chi connectivity index (χ1) is 11.9. The number of aryl methyl sites for hydroxylation is 1. The van der Waals surface area contributed by atoms with Crippen LogP contribution in [0.3, 0.4) is 0 Å². The Hall–Kier alpha value is -2.56. The summed E-state index contributed by atoms with van der Waals surface area (Å²) in [5.41, 5.74) is 2.91. The van der Waals surface area contributed by atoms with Crippen LogP contribution in [0.25, 0.3) is 0 Å². The predicted molar refractivity (Wildman–Crippen MR) is 97.3 cm³/mol. The highest BCUT2D eigenvalue weighted by Crippen LogP contribution is 2.32. The Morgan fingerprint density at radius 1 is 1.12 bits per heavy atom. The van der Waals surface area contributed by atoms with Gasteiger partial charge < -0.3 is 14.8 Å². The number of amides is 1. The molecule has 0 spiro atoms. The van der Waals surface area contributed by atoms with E-state index in [1.54, 1.807) is 6.07 Å². The van der Waals surface area contributed by atoms with E-state index in [1.807, 2.05) is 24.4 Å². The number of fused-ring (bicyclic) bond motifs is 1. The summed E-state index contributed by atoms with van der Waals surface area (Å²) in [6.07, 6.45) is 2.89. The minimum atomic E-state index is -0.0432. The fourth-order valence-electron chi connectivity index (χ4n) is 2.60. The van der Waals surface area contributed by atoms with Crippen LogP contribution in [0, 0.1) is 0 Å². The molecule has 0 atom stereocenters. The topological polar surface area (TPSA) is 60.5 Å². The van der Waals surface area contributed by atoms with Gasteiger partial charge in [-0.2, -0.15) is 0 Å². The third kappa shape index (κ3) is 4.50. The molecule has 0 unspecified atom stereocenters. The maximum Gasteiger partial charge on any atom is 0.224 e. The normalized spacial score (nSPS) is 13.4. The molecule has 1 aromatic carbocycles. The molecular weight excluding hydrogens is 316 g/mol. The summed E-state index contributed by atoms with van der Waals surface area (Å²) in [5, 5.41) is 2.90. The number of carbonyl (C=O) groups excluding carboxylic acids is 1. The van der Waals surface area contributed by atoms with E-state index < -0.39 is 0 Å². The molecule has 3 rings (SSSR count). The monoisotopic (exact) mass is 340 g/mol. The van der Waals surface area contributed by atoms with E-state index in [-0.39, 0.29) is 11.3 Å². The van der Waals surface area contributed by atoms with Crippen molar-refractivity contribution in [3.05, 3.63) is 47.8 Å². The van der Waals surface area contributed by atoms with E-state index in [4.69, 9.17) is 9.47 Å². The zero-order valence-corrected chi connectivity index (χ0v) is 15.0. The number of ether oxygens (including phenoxy) is 2. The average molecular weight is 340 g/mol. The highest BCUT2D eigenvalue weighted by molar-refractivity contribution is 5.91. The van der Waals surface area contributed by atoms with Crippen LogP contribution >= 0.6 is 0 Å². The lowest BCUT2D eigenvalue weighted by Gasteiger charge is -2.19. The summed E-state index contributed by atoms with van der Waals surface area (Å²) in [6.45, 7) is 7.56. The summed E-state index contributed by atoms with van der Waals surface area (Å²) in [5.74, 6) is 1.34. The van der Waals surface area contributed by atoms with Gasteiger partial charge in [-0.25, -0.2) is 0 Å². The molecule has 0 radical (unpaired) electrons. The van der Waals surface area contributed by atoms with Crippen LogP contribution in [0.4, 0.5) is 5.69 Å². The second-order valence-electron chi connectivity index (χ2n) is 7.19. The number of nitrogens with one attached hydrogen (secondary N) is 1. The quantitative estimate of drug-likeness (QED) is 0.921. The number of rotatable bonds is 4. The molecule has 25 heavy (non-hydrogen) atoms. The molecule has 0 aliphatic carbocycles. The second-order valence-corrected chi connectivity index (χ2v) is 7.19. The van der Waals surface area contributed by atoms with Gasteiger partial charge in [-0.1, -0.05) is 26.8 Å². The maximum atomic E-state index is 12.2. The highest BCUT2D eigenvalue weighted by atomic mass is 16.6. The molecule has 1 aromatic heterocycles. The third-order valence-electron chi connectivity index (χ3n) is 4.12. The molecule has 2 aromatic rings. The first kappa shape index (κ1) is 17.3. The van der Waals surface area contributed by atoms with Gasteiger partial charge in [0.15, 0.2) is 11.5 Å². The van der Waals surface area contributed by atoms with Crippen molar-refractivity contribution < 1.29 is 14.3 Å². The molecule has 1 aliphatic rings. The number of carbonyl (C=O) groups is 1. The van der Waals surface area contributed by atoms with E-state index >= 15 is 0 Å². The number of hydrogen-bond acceptors (Lipinski definition) is 4. The van der Waals surface area contributed by atoms with Crippen molar-refractivity contribution in [2.24, 2.45) is 0 Å². The van der Waals surface area contributed by atoms with Gasteiger partial charge in [0.05, 0.1) is 0 Å². The smallest absolute Gasteiger partial charge is 0.224 e. The van der Waals surface area contributed by atoms with Crippen molar-refractivity contribution in [1.29, 1.82) is 0 Å². The summed E-state index contributed by atoms with van der Waals surface area (Å²) in [6, 6.07) is 9.51. The van der Waals surface area contributed by atoms with Crippen molar-refractivity contribution in [2.45, 2.75) is 39.0 Å². The second kappa shape index (κ2) is 7.13. The number of hydrogen-bond donors (Lipinski definition) is 1. The van der Waals surface area contributed by atoms with Crippen molar-refractivity contribution in [2.75, 3.05) is 18.5 Å². The number of nitrogens with zero attached hydrogens (tertiary/aromatic N) is 1. The Morgan fingerprint density at radius 3 is 2.56 bits per heavy atom. The fraction of sp³-hybridized carbons (Fsp3) is 0.400.